The largest absolute Gasteiger partial charge is 0.378 e. The number of carbonyl (C=O) groups is 2. The van der Waals surface area contributed by atoms with Crippen LogP contribution < -0.4 is 5.32 Å². The Morgan fingerprint density at radius 3 is 2.56 bits per heavy atom. The van der Waals surface area contributed by atoms with E-state index in [2.05, 4.69) is 11.9 Å². The maximum absolute atomic E-state index is 12.7. The van der Waals surface area contributed by atoms with Gasteiger partial charge in [0.15, 0.2) is 0 Å². The fourth-order valence-electron chi connectivity index (χ4n) is 3.98. The van der Waals surface area contributed by atoms with Crippen molar-refractivity contribution in [1.82, 2.24) is 4.90 Å². The summed E-state index contributed by atoms with van der Waals surface area (Å²) in [6.45, 7) is 5.84. The van der Waals surface area contributed by atoms with Gasteiger partial charge in [-0.15, -0.1) is 0 Å². The van der Waals surface area contributed by atoms with Crippen molar-refractivity contribution in [2.24, 2.45) is 5.92 Å². The second-order valence-electron chi connectivity index (χ2n) is 7.59. The monoisotopic (exact) mass is 370 g/mol. The zero-order chi connectivity index (χ0) is 19.1. The predicted molar refractivity (Wildman–Crippen MR) is 106 cm³/mol. The molecule has 1 heterocycles. The van der Waals surface area contributed by atoms with Gasteiger partial charge in [0.1, 0.15) is 0 Å². The van der Waals surface area contributed by atoms with Crippen LogP contribution in [0.5, 0.6) is 0 Å². The van der Waals surface area contributed by atoms with Gasteiger partial charge in [0.05, 0.1) is 12.5 Å². The number of ether oxygens (including phenoxy) is 1. The zero-order valence-electron chi connectivity index (χ0n) is 16.0. The molecular formula is C22H30N2O3. The van der Waals surface area contributed by atoms with Gasteiger partial charge in [0.25, 0.3) is 0 Å². The first-order valence-corrected chi connectivity index (χ1v) is 10.1. The summed E-state index contributed by atoms with van der Waals surface area (Å²) in [5.41, 5.74) is 1.50. The average molecular weight is 370 g/mol. The highest BCUT2D eigenvalue weighted by molar-refractivity contribution is 5.99. The second-order valence-corrected chi connectivity index (χ2v) is 7.59. The van der Waals surface area contributed by atoms with Crippen LogP contribution in [0.2, 0.25) is 0 Å². The second kappa shape index (κ2) is 9.70. The van der Waals surface area contributed by atoms with Gasteiger partial charge < -0.3 is 15.0 Å². The van der Waals surface area contributed by atoms with E-state index in [1.165, 1.54) is 31.8 Å². The van der Waals surface area contributed by atoms with E-state index >= 15 is 0 Å². The number of amides is 2. The van der Waals surface area contributed by atoms with Gasteiger partial charge in [-0.1, -0.05) is 37.6 Å². The van der Waals surface area contributed by atoms with Crippen molar-refractivity contribution in [3.8, 4) is 0 Å². The topological polar surface area (TPSA) is 58.6 Å². The standard InChI is InChI=1S/C22H30N2O3/c1-2-21(25)23-20-10-6-5-9-18(20)15-22(26)24-13-11-19(12-14-24)27-16-17-7-3-4-8-17/h2,5-6,9-10,17,19H,1,3-4,7-8,11-16H2,(H,23,25). The van der Waals surface area contributed by atoms with E-state index in [4.69, 9.17) is 4.74 Å². The summed E-state index contributed by atoms with van der Waals surface area (Å²) < 4.78 is 6.09. The van der Waals surface area contributed by atoms with Crippen LogP contribution in [0, 0.1) is 5.92 Å². The van der Waals surface area contributed by atoms with E-state index in [-0.39, 0.29) is 17.9 Å². The molecule has 3 rings (SSSR count). The number of benzene rings is 1. The lowest BCUT2D eigenvalue weighted by Crippen LogP contribution is -2.42. The number of likely N-dealkylation sites (tertiary alicyclic amines) is 1. The Bertz CT molecular complexity index is 659. The summed E-state index contributed by atoms with van der Waals surface area (Å²) in [5.74, 6) is 0.576. The normalized spacial score (nSPS) is 18.4. The first-order valence-electron chi connectivity index (χ1n) is 10.1. The van der Waals surface area contributed by atoms with Crippen molar-refractivity contribution in [2.75, 3.05) is 25.0 Å². The molecule has 1 N–H and O–H groups in total. The molecule has 5 nitrogen and oxygen atoms in total. The molecule has 146 valence electrons. The number of para-hydroxylation sites is 1. The minimum Gasteiger partial charge on any atom is -0.378 e. The number of nitrogens with zero attached hydrogens (tertiary/aromatic N) is 1. The maximum Gasteiger partial charge on any atom is 0.247 e. The molecule has 1 saturated carbocycles. The molecule has 2 aliphatic rings. The van der Waals surface area contributed by atoms with Gasteiger partial charge in [0.2, 0.25) is 11.8 Å². The Morgan fingerprint density at radius 1 is 1.15 bits per heavy atom. The Hall–Kier alpha value is -2.14. The van der Waals surface area contributed by atoms with Crippen LogP contribution in [0.1, 0.15) is 44.1 Å². The minimum atomic E-state index is -0.268. The Kier molecular flexibility index (Phi) is 7.04. The number of anilines is 1. The van der Waals surface area contributed by atoms with Crippen molar-refractivity contribution in [3.63, 3.8) is 0 Å². The highest BCUT2D eigenvalue weighted by atomic mass is 16.5. The molecule has 2 fully saturated rings. The third-order valence-corrected chi connectivity index (χ3v) is 5.64. The molecule has 1 aliphatic carbocycles. The first kappa shape index (κ1) is 19.6. The lowest BCUT2D eigenvalue weighted by molar-refractivity contribution is -0.133. The Balaban J connectivity index is 1.47. The number of rotatable bonds is 7. The van der Waals surface area contributed by atoms with Crippen molar-refractivity contribution < 1.29 is 14.3 Å². The van der Waals surface area contributed by atoms with Gasteiger partial charge in [0, 0.05) is 25.4 Å². The van der Waals surface area contributed by atoms with Crippen LogP contribution in [0.15, 0.2) is 36.9 Å². The predicted octanol–water partition coefficient (Wildman–Crippen LogP) is 3.55. The summed E-state index contributed by atoms with van der Waals surface area (Å²) in [6, 6.07) is 7.43. The maximum atomic E-state index is 12.7. The molecule has 27 heavy (non-hydrogen) atoms. The fraction of sp³-hybridized carbons (Fsp3) is 0.545. The molecule has 1 aromatic rings. The van der Waals surface area contributed by atoms with Crippen molar-refractivity contribution in [2.45, 2.75) is 51.0 Å². The smallest absolute Gasteiger partial charge is 0.247 e. The lowest BCUT2D eigenvalue weighted by atomic mass is 10.0. The average Bonchev–Trinajstić information content (AvgIpc) is 3.22. The van der Waals surface area contributed by atoms with Gasteiger partial charge in [-0.2, -0.15) is 0 Å². The molecule has 0 unspecified atom stereocenters. The van der Waals surface area contributed by atoms with E-state index in [1.54, 1.807) is 0 Å². The third-order valence-electron chi connectivity index (χ3n) is 5.64. The van der Waals surface area contributed by atoms with Gasteiger partial charge in [-0.3, -0.25) is 9.59 Å². The quantitative estimate of drug-likeness (QED) is 0.747. The van der Waals surface area contributed by atoms with Crippen molar-refractivity contribution in [3.05, 3.63) is 42.5 Å². The van der Waals surface area contributed by atoms with Gasteiger partial charge >= 0.3 is 0 Å². The van der Waals surface area contributed by atoms with Crippen LogP contribution in [0.4, 0.5) is 5.69 Å². The van der Waals surface area contributed by atoms with Crippen molar-refractivity contribution >= 4 is 17.5 Å². The van der Waals surface area contributed by atoms with E-state index in [1.807, 2.05) is 29.2 Å². The van der Waals surface area contributed by atoms with Crippen LogP contribution in [-0.2, 0) is 20.7 Å². The Morgan fingerprint density at radius 2 is 1.85 bits per heavy atom. The number of carbonyl (C=O) groups excluding carboxylic acids is 2. The highest BCUT2D eigenvalue weighted by Gasteiger charge is 2.25. The van der Waals surface area contributed by atoms with Gasteiger partial charge in [-0.25, -0.2) is 0 Å². The molecule has 1 saturated heterocycles. The Labute approximate surface area is 161 Å². The van der Waals surface area contributed by atoms with E-state index in [9.17, 15) is 9.59 Å². The lowest BCUT2D eigenvalue weighted by Gasteiger charge is -2.32. The molecule has 0 spiro atoms. The fourth-order valence-corrected chi connectivity index (χ4v) is 3.98. The van der Waals surface area contributed by atoms with E-state index in [0.717, 1.165) is 44.0 Å². The minimum absolute atomic E-state index is 0.101. The van der Waals surface area contributed by atoms with Crippen LogP contribution in [-0.4, -0.2) is 42.5 Å². The van der Waals surface area contributed by atoms with E-state index in [0.29, 0.717) is 12.1 Å². The number of hydrogen-bond donors (Lipinski definition) is 1. The molecular weight excluding hydrogens is 340 g/mol. The first-order chi connectivity index (χ1) is 13.2. The van der Waals surface area contributed by atoms with Crippen LogP contribution in [0.3, 0.4) is 0 Å². The summed E-state index contributed by atoms with van der Waals surface area (Å²) in [5, 5.41) is 2.77. The SMILES string of the molecule is C=CC(=O)Nc1ccccc1CC(=O)N1CCC(OCC2CCCC2)CC1. The number of nitrogens with one attached hydrogen (secondary N) is 1. The molecule has 0 atom stereocenters. The summed E-state index contributed by atoms with van der Waals surface area (Å²) in [7, 11) is 0. The summed E-state index contributed by atoms with van der Waals surface area (Å²) in [4.78, 5) is 26.2. The molecule has 1 aliphatic heterocycles. The van der Waals surface area contributed by atoms with E-state index < -0.39 is 0 Å². The molecule has 5 heteroatoms. The number of piperidine rings is 1. The van der Waals surface area contributed by atoms with Crippen LogP contribution >= 0.6 is 0 Å². The summed E-state index contributed by atoms with van der Waals surface area (Å²) >= 11 is 0. The zero-order valence-corrected chi connectivity index (χ0v) is 16.0. The molecule has 1 aromatic carbocycles. The molecule has 0 radical (unpaired) electrons. The third kappa shape index (κ3) is 5.67. The van der Waals surface area contributed by atoms with Crippen molar-refractivity contribution in [1.29, 1.82) is 0 Å². The van der Waals surface area contributed by atoms with Crippen LogP contribution in [0.25, 0.3) is 0 Å². The highest BCUT2D eigenvalue weighted by Crippen LogP contribution is 2.26. The molecule has 0 bridgehead atoms. The molecule has 0 aromatic heterocycles. The van der Waals surface area contributed by atoms with Gasteiger partial charge in [-0.05, 0) is 49.3 Å². The number of hydrogen-bond acceptors (Lipinski definition) is 3. The summed E-state index contributed by atoms with van der Waals surface area (Å²) in [6.07, 6.45) is 8.93. The molecule has 2 amide bonds.